The number of fused-ring (bicyclic) bond motifs is 1. The van der Waals surface area contributed by atoms with Crippen molar-refractivity contribution in [2.24, 2.45) is 14.1 Å². The van der Waals surface area contributed by atoms with E-state index in [0.29, 0.717) is 13.1 Å². The van der Waals surface area contributed by atoms with Crippen LogP contribution in [0.25, 0.3) is 11.5 Å². The van der Waals surface area contributed by atoms with Crippen molar-refractivity contribution in [1.29, 1.82) is 0 Å². The minimum absolute atomic E-state index is 0.00396. The molecule has 0 atom stereocenters. The van der Waals surface area contributed by atoms with Crippen LogP contribution >= 0.6 is 11.8 Å². The van der Waals surface area contributed by atoms with Crippen LogP contribution in [0.3, 0.4) is 0 Å². The summed E-state index contributed by atoms with van der Waals surface area (Å²) in [6, 6.07) is 0. The van der Waals surface area contributed by atoms with Crippen molar-refractivity contribution in [1.82, 2.24) is 29.4 Å². The summed E-state index contributed by atoms with van der Waals surface area (Å²) in [5.41, 5.74) is 2.99. The lowest BCUT2D eigenvalue weighted by Gasteiger charge is -2.27. The van der Waals surface area contributed by atoms with Crippen molar-refractivity contribution < 1.29 is 9.53 Å². The molecule has 9 heteroatoms. The minimum atomic E-state index is -0.00396. The van der Waals surface area contributed by atoms with Crippen LogP contribution in [0.1, 0.15) is 11.3 Å². The van der Waals surface area contributed by atoms with E-state index < -0.39 is 0 Å². The molecule has 2 aromatic heterocycles. The molecule has 8 nitrogen and oxygen atoms in total. The van der Waals surface area contributed by atoms with Crippen molar-refractivity contribution in [3.05, 3.63) is 11.3 Å². The molecule has 1 aliphatic heterocycles. The molecule has 0 unspecified atom stereocenters. The third-order valence-corrected chi connectivity index (χ3v) is 4.81. The number of methoxy groups -OCH3 is 1. The van der Waals surface area contributed by atoms with Crippen molar-refractivity contribution >= 4 is 17.7 Å². The lowest BCUT2D eigenvalue weighted by Crippen LogP contribution is -2.38. The summed E-state index contributed by atoms with van der Waals surface area (Å²) in [5.74, 6) is 0.725. The fraction of sp³-hybridized carbons (Fsp3) is 0.571. The number of aryl methyl sites for hydroxylation is 1. The highest BCUT2D eigenvalue weighted by Gasteiger charge is 2.29. The minimum Gasteiger partial charge on any atom is -0.375 e. The summed E-state index contributed by atoms with van der Waals surface area (Å²) in [7, 11) is 5.39. The number of ether oxygens (including phenoxy) is 1. The monoisotopic (exact) mass is 336 g/mol. The van der Waals surface area contributed by atoms with Gasteiger partial charge in [-0.05, 0) is 6.26 Å². The summed E-state index contributed by atoms with van der Waals surface area (Å²) in [6.45, 7) is 1.32. The van der Waals surface area contributed by atoms with E-state index in [-0.39, 0.29) is 12.5 Å². The molecular formula is C14H20N6O2S. The van der Waals surface area contributed by atoms with Crippen LogP contribution in [0.15, 0.2) is 5.16 Å². The molecule has 0 saturated carbocycles. The highest BCUT2D eigenvalue weighted by Crippen LogP contribution is 2.29. The molecule has 0 saturated heterocycles. The molecule has 0 radical (unpaired) electrons. The van der Waals surface area contributed by atoms with Gasteiger partial charge in [0.25, 0.3) is 0 Å². The zero-order valence-corrected chi connectivity index (χ0v) is 14.6. The third kappa shape index (κ3) is 2.74. The molecule has 23 heavy (non-hydrogen) atoms. The smallest absolute Gasteiger partial charge is 0.248 e. The maximum absolute atomic E-state index is 12.1. The predicted octanol–water partition coefficient (Wildman–Crippen LogP) is 0.469. The van der Waals surface area contributed by atoms with Gasteiger partial charge in [0, 0.05) is 52.0 Å². The fourth-order valence-electron chi connectivity index (χ4n) is 2.90. The van der Waals surface area contributed by atoms with Gasteiger partial charge in [0.05, 0.1) is 0 Å². The Morgan fingerprint density at radius 1 is 1.35 bits per heavy atom. The first-order chi connectivity index (χ1) is 11.1. The number of aromatic nitrogens is 5. The lowest BCUT2D eigenvalue weighted by atomic mass is 10.0. The van der Waals surface area contributed by atoms with Gasteiger partial charge in [0.1, 0.15) is 12.3 Å². The van der Waals surface area contributed by atoms with E-state index in [4.69, 9.17) is 4.74 Å². The molecule has 0 bridgehead atoms. The Hall–Kier alpha value is -1.87. The Morgan fingerprint density at radius 2 is 2.13 bits per heavy atom. The SMILES string of the molecule is COCC(=O)N1CCc2c(c(-c3nnc(SC)n3C)nn2C)C1. The van der Waals surface area contributed by atoms with Gasteiger partial charge in [-0.15, -0.1) is 10.2 Å². The number of rotatable bonds is 4. The molecule has 0 N–H and O–H groups in total. The van der Waals surface area contributed by atoms with E-state index in [1.54, 1.807) is 11.8 Å². The van der Waals surface area contributed by atoms with E-state index in [1.165, 1.54) is 7.11 Å². The summed E-state index contributed by atoms with van der Waals surface area (Å²) >= 11 is 1.54. The quantitative estimate of drug-likeness (QED) is 0.755. The Labute approximate surface area is 138 Å². The summed E-state index contributed by atoms with van der Waals surface area (Å²) in [6.07, 6.45) is 2.74. The number of carbonyl (C=O) groups excluding carboxylic acids is 1. The highest BCUT2D eigenvalue weighted by molar-refractivity contribution is 7.98. The summed E-state index contributed by atoms with van der Waals surface area (Å²) in [5, 5.41) is 13.9. The summed E-state index contributed by atoms with van der Waals surface area (Å²) in [4.78, 5) is 13.9. The molecule has 3 heterocycles. The number of hydrogen-bond donors (Lipinski definition) is 0. The Morgan fingerprint density at radius 3 is 2.78 bits per heavy atom. The molecule has 0 aromatic carbocycles. The maximum Gasteiger partial charge on any atom is 0.248 e. The van der Waals surface area contributed by atoms with Crippen LogP contribution in [-0.4, -0.2) is 61.9 Å². The first kappa shape index (κ1) is 16.0. The molecule has 0 fully saturated rings. The molecule has 124 valence electrons. The first-order valence-electron chi connectivity index (χ1n) is 7.32. The van der Waals surface area contributed by atoms with Crippen molar-refractivity contribution in [2.45, 2.75) is 18.1 Å². The molecular weight excluding hydrogens is 316 g/mol. The number of carbonyl (C=O) groups is 1. The first-order valence-corrected chi connectivity index (χ1v) is 8.54. The van der Waals surface area contributed by atoms with Crippen LogP contribution in [0.2, 0.25) is 0 Å². The zero-order chi connectivity index (χ0) is 16.6. The van der Waals surface area contributed by atoms with Gasteiger partial charge in [0.15, 0.2) is 11.0 Å². The van der Waals surface area contributed by atoms with E-state index in [0.717, 1.165) is 34.4 Å². The van der Waals surface area contributed by atoms with Gasteiger partial charge in [-0.1, -0.05) is 11.8 Å². The van der Waals surface area contributed by atoms with Gasteiger partial charge in [0.2, 0.25) is 5.91 Å². The van der Waals surface area contributed by atoms with Crippen LogP contribution in [0.5, 0.6) is 0 Å². The molecule has 1 amide bonds. The van der Waals surface area contributed by atoms with Crippen LogP contribution in [0, 0.1) is 0 Å². The Balaban J connectivity index is 1.98. The molecule has 0 spiro atoms. The standard InChI is InChI=1S/C14H20N6O2S/c1-18-13(15-16-14(18)23-4)12-9-7-20(11(21)8-22-3)6-5-10(9)19(2)17-12/h5-8H2,1-4H3. The average molecular weight is 336 g/mol. The molecule has 3 rings (SSSR count). The van der Waals surface area contributed by atoms with Crippen LogP contribution in [0.4, 0.5) is 0 Å². The zero-order valence-electron chi connectivity index (χ0n) is 13.7. The molecule has 1 aliphatic rings. The number of thioether (sulfide) groups is 1. The second kappa shape index (κ2) is 6.32. The van der Waals surface area contributed by atoms with Gasteiger partial charge in [-0.2, -0.15) is 5.10 Å². The Bertz CT molecular complexity index is 738. The van der Waals surface area contributed by atoms with E-state index in [9.17, 15) is 4.79 Å². The van der Waals surface area contributed by atoms with Crippen molar-refractivity contribution in [2.75, 3.05) is 26.5 Å². The fourth-order valence-corrected chi connectivity index (χ4v) is 3.38. The van der Waals surface area contributed by atoms with Crippen molar-refractivity contribution in [3.8, 4) is 11.5 Å². The van der Waals surface area contributed by atoms with E-state index >= 15 is 0 Å². The number of nitrogens with zero attached hydrogens (tertiary/aromatic N) is 6. The van der Waals surface area contributed by atoms with Crippen molar-refractivity contribution in [3.63, 3.8) is 0 Å². The molecule has 0 aliphatic carbocycles. The average Bonchev–Trinajstić information content (AvgIpc) is 3.07. The van der Waals surface area contributed by atoms with E-state index in [1.807, 2.05) is 34.5 Å². The topological polar surface area (TPSA) is 78.1 Å². The van der Waals surface area contributed by atoms with Crippen LogP contribution < -0.4 is 0 Å². The van der Waals surface area contributed by atoms with Gasteiger partial charge in [-0.3, -0.25) is 9.48 Å². The molecule has 2 aromatic rings. The van der Waals surface area contributed by atoms with Crippen LogP contribution in [-0.2, 0) is 36.6 Å². The Kier molecular flexibility index (Phi) is 4.40. The highest BCUT2D eigenvalue weighted by atomic mass is 32.2. The third-order valence-electron chi connectivity index (χ3n) is 4.09. The lowest BCUT2D eigenvalue weighted by molar-refractivity contribution is -0.136. The predicted molar refractivity (Wildman–Crippen MR) is 86.0 cm³/mol. The number of hydrogen-bond acceptors (Lipinski definition) is 6. The maximum atomic E-state index is 12.1. The van der Waals surface area contributed by atoms with Gasteiger partial charge >= 0.3 is 0 Å². The number of amides is 1. The van der Waals surface area contributed by atoms with Gasteiger partial charge in [-0.25, -0.2) is 0 Å². The second-order valence-electron chi connectivity index (χ2n) is 5.47. The van der Waals surface area contributed by atoms with E-state index in [2.05, 4.69) is 15.3 Å². The normalized spacial score (nSPS) is 14.2. The van der Waals surface area contributed by atoms with Gasteiger partial charge < -0.3 is 14.2 Å². The largest absolute Gasteiger partial charge is 0.375 e. The summed E-state index contributed by atoms with van der Waals surface area (Å²) < 4.78 is 8.78. The second-order valence-corrected chi connectivity index (χ2v) is 6.24.